The van der Waals surface area contributed by atoms with Crippen molar-refractivity contribution >= 4 is 0 Å². The molecule has 0 aromatic heterocycles. The maximum Gasteiger partial charge on any atom is 0.0695 e. The minimum atomic E-state index is -0.0838. The molecule has 2 heteroatoms. The average molecular weight is 267 g/mol. The van der Waals surface area contributed by atoms with Gasteiger partial charge in [0.05, 0.1) is 6.10 Å². The zero-order chi connectivity index (χ0) is 14.0. The monoisotopic (exact) mass is 267 g/mol. The predicted octanol–water partition coefficient (Wildman–Crippen LogP) is 3.68. The van der Waals surface area contributed by atoms with Crippen LogP contribution in [0.2, 0.25) is 0 Å². The Hall–Kier alpha value is -0.0800. The largest absolute Gasteiger partial charge is 0.391 e. The summed E-state index contributed by atoms with van der Waals surface area (Å²) < 4.78 is 0. The van der Waals surface area contributed by atoms with Crippen LogP contribution in [0.1, 0.15) is 66.2 Å². The third-order valence-corrected chi connectivity index (χ3v) is 6.20. The third kappa shape index (κ3) is 3.16. The quantitative estimate of drug-likeness (QED) is 0.840. The third-order valence-electron chi connectivity index (χ3n) is 6.20. The van der Waals surface area contributed by atoms with Crippen molar-refractivity contribution in [1.82, 2.24) is 4.90 Å². The molecule has 1 heterocycles. The zero-order valence-electron chi connectivity index (χ0n) is 13.4. The molecular formula is C17H33NO. The van der Waals surface area contributed by atoms with E-state index in [1.807, 2.05) is 0 Å². The fourth-order valence-corrected chi connectivity index (χ4v) is 4.24. The molecule has 2 fully saturated rings. The molecule has 112 valence electrons. The summed E-state index contributed by atoms with van der Waals surface area (Å²) in [6, 6.07) is 0.432. The van der Waals surface area contributed by atoms with E-state index in [2.05, 4.69) is 32.6 Å². The molecule has 0 bridgehead atoms. The van der Waals surface area contributed by atoms with Crippen LogP contribution in [-0.2, 0) is 0 Å². The second kappa shape index (κ2) is 6.13. The van der Waals surface area contributed by atoms with Gasteiger partial charge in [-0.05, 0) is 62.3 Å². The Morgan fingerprint density at radius 1 is 1.21 bits per heavy atom. The summed E-state index contributed by atoms with van der Waals surface area (Å²) in [5.41, 5.74) is 0.532. The minimum absolute atomic E-state index is 0.0838. The van der Waals surface area contributed by atoms with Gasteiger partial charge in [0.25, 0.3) is 0 Å². The van der Waals surface area contributed by atoms with Crippen LogP contribution >= 0.6 is 0 Å². The van der Waals surface area contributed by atoms with Gasteiger partial charge in [-0.15, -0.1) is 0 Å². The molecule has 1 aliphatic heterocycles. The number of aliphatic hydroxyl groups excluding tert-OH is 1. The SMILES string of the molecule is CCC1(CC)CCN(C2CC(C(C)C)CCC2O)C1. The van der Waals surface area contributed by atoms with Crippen LogP contribution < -0.4 is 0 Å². The van der Waals surface area contributed by atoms with Crippen molar-refractivity contribution in [1.29, 1.82) is 0 Å². The highest BCUT2D eigenvalue weighted by Crippen LogP contribution is 2.41. The van der Waals surface area contributed by atoms with Gasteiger partial charge in [0, 0.05) is 12.6 Å². The number of hydrogen-bond donors (Lipinski definition) is 1. The first-order valence-corrected chi connectivity index (χ1v) is 8.43. The van der Waals surface area contributed by atoms with Crippen LogP contribution in [0.5, 0.6) is 0 Å². The lowest BCUT2D eigenvalue weighted by Gasteiger charge is -2.41. The van der Waals surface area contributed by atoms with Crippen LogP contribution in [0.4, 0.5) is 0 Å². The Morgan fingerprint density at radius 3 is 2.42 bits per heavy atom. The summed E-state index contributed by atoms with van der Waals surface area (Å²) in [5.74, 6) is 1.58. The molecule has 0 spiro atoms. The van der Waals surface area contributed by atoms with Crippen molar-refractivity contribution in [2.45, 2.75) is 78.4 Å². The van der Waals surface area contributed by atoms with E-state index < -0.39 is 0 Å². The van der Waals surface area contributed by atoms with Gasteiger partial charge in [0.2, 0.25) is 0 Å². The molecule has 1 saturated heterocycles. The summed E-state index contributed by atoms with van der Waals surface area (Å²) in [6.45, 7) is 11.8. The molecular weight excluding hydrogens is 234 g/mol. The molecule has 0 aromatic rings. The van der Waals surface area contributed by atoms with E-state index in [1.165, 1.54) is 45.2 Å². The van der Waals surface area contributed by atoms with Crippen LogP contribution in [0.25, 0.3) is 0 Å². The second-order valence-corrected chi connectivity index (χ2v) is 7.38. The van der Waals surface area contributed by atoms with Crippen molar-refractivity contribution in [2.75, 3.05) is 13.1 Å². The Balaban J connectivity index is 2.00. The van der Waals surface area contributed by atoms with Gasteiger partial charge in [0.15, 0.2) is 0 Å². The summed E-state index contributed by atoms with van der Waals surface area (Å²) in [7, 11) is 0. The zero-order valence-corrected chi connectivity index (χ0v) is 13.4. The first kappa shape index (κ1) is 15.3. The maximum atomic E-state index is 10.4. The van der Waals surface area contributed by atoms with E-state index in [0.717, 1.165) is 18.3 Å². The van der Waals surface area contributed by atoms with E-state index >= 15 is 0 Å². The Labute approximate surface area is 119 Å². The normalized spacial score (nSPS) is 36.0. The second-order valence-electron chi connectivity index (χ2n) is 7.38. The lowest BCUT2D eigenvalue weighted by Crippen LogP contribution is -2.47. The molecule has 2 rings (SSSR count). The van der Waals surface area contributed by atoms with Gasteiger partial charge in [-0.2, -0.15) is 0 Å². The number of nitrogens with zero attached hydrogens (tertiary/aromatic N) is 1. The molecule has 0 radical (unpaired) electrons. The van der Waals surface area contributed by atoms with E-state index in [-0.39, 0.29) is 6.10 Å². The van der Waals surface area contributed by atoms with Gasteiger partial charge < -0.3 is 5.11 Å². The summed E-state index contributed by atoms with van der Waals surface area (Å²) in [5, 5.41) is 10.4. The van der Waals surface area contributed by atoms with Crippen LogP contribution in [0.15, 0.2) is 0 Å². The van der Waals surface area contributed by atoms with Crippen LogP contribution in [0, 0.1) is 17.3 Å². The maximum absolute atomic E-state index is 10.4. The highest BCUT2D eigenvalue weighted by Gasteiger charge is 2.42. The molecule has 3 unspecified atom stereocenters. The highest BCUT2D eigenvalue weighted by atomic mass is 16.3. The molecule has 1 saturated carbocycles. The van der Waals surface area contributed by atoms with Crippen LogP contribution in [0.3, 0.4) is 0 Å². The van der Waals surface area contributed by atoms with Crippen molar-refractivity contribution < 1.29 is 5.11 Å². The van der Waals surface area contributed by atoms with Gasteiger partial charge in [-0.25, -0.2) is 0 Å². The molecule has 0 amide bonds. The number of likely N-dealkylation sites (tertiary alicyclic amines) is 1. The molecule has 2 nitrogen and oxygen atoms in total. The number of aliphatic hydroxyl groups is 1. The Kier molecular flexibility index (Phi) is 4.94. The summed E-state index contributed by atoms with van der Waals surface area (Å²) in [6.07, 6.45) is 7.26. The average Bonchev–Trinajstić information content (AvgIpc) is 2.84. The molecule has 1 N–H and O–H groups in total. The summed E-state index contributed by atoms with van der Waals surface area (Å²) >= 11 is 0. The van der Waals surface area contributed by atoms with E-state index in [1.54, 1.807) is 0 Å². The molecule has 19 heavy (non-hydrogen) atoms. The molecule has 0 aromatic carbocycles. The highest BCUT2D eigenvalue weighted by molar-refractivity contribution is 4.95. The number of hydrogen-bond acceptors (Lipinski definition) is 2. The molecule has 2 aliphatic rings. The van der Waals surface area contributed by atoms with Gasteiger partial charge in [0.1, 0.15) is 0 Å². The van der Waals surface area contributed by atoms with Crippen molar-refractivity contribution in [3.05, 3.63) is 0 Å². The fraction of sp³-hybridized carbons (Fsp3) is 1.00. The van der Waals surface area contributed by atoms with E-state index in [4.69, 9.17) is 0 Å². The van der Waals surface area contributed by atoms with Gasteiger partial charge in [-0.3, -0.25) is 4.90 Å². The van der Waals surface area contributed by atoms with Gasteiger partial charge in [-0.1, -0.05) is 27.7 Å². The Morgan fingerprint density at radius 2 is 1.89 bits per heavy atom. The van der Waals surface area contributed by atoms with E-state index in [0.29, 0.717) is 11.5 Å². The Bertz CT molecular complexity index is 285. The van der Waals surface area contributed by atoms with Crippen molar-refractivity contribution in [3.63, 3.8) is 0 Å². The predicted molar refractivity (Wildman–Crippen MR) is 81.2 cm³/mol. The lowest BCUT2D eigenvalue weighted by atomic mass is 9.77. The summed E-state index contributed by atoms with van der Waals surface area (Å²) in [4.78, 5) is 2.62. The molecule has 1 aliphatic carbocycles. The van der Waals surface area contributed by atoms with Crippen LogP contribution in [-0.4, -0.2) is 35.2 Å². The van der Waals surface area contributed by atoms with E-state index in [9.17, 15) is 5.11 Å². The van der Waals surface area contributed by atoms with Crippen molar-refractivity contribution in [2.24, 2.45) is 17.3 Å². The lowest BCUT2D eigenvalue weighted by molar-refractivity contribution is 0.000277. The smallest absolute Gasteiger partial charge is 0.0695 e. The van der Waals surface area contributed by atoms with Crippen molar-refractivity contribution in [3.8, 4) is 0 Å². The topological polar surface area (TPSA) is 23.5 Å². The van der Waals surface area contributed by atoms with Gasteiger partial charge >= 0.3 is 0 Å². The standard InChI is InChI=1S/C17H33NO/c1-5-17(6-2)9-10-18(12-17)15-11-14(13(3)4)7-8-16(15)19/h13-16,19H,5-12H2,1-4H3. The fourth-order valence-electron chi connectivity index (χ4n) is 4.24. The minimum Gasteiger partial charge on any atom is -0.391 e. The first-order chi connectivity index (χ1) is 9.01. The molecule has 3 atom stereocenters. The first-order valence-electron chi connectivity index (χ1n) is 8.43. The number of rotatable bonds is 4.